The molecule has 0 saturated carbocycles. The summed E-state index contributed by atoms with van der Waals surface area (Å²) in [5.41, 5.74) is 2.02. The lowest BCUT2D eigenvalue weighted by Crippen LogP contribution is -2.52. The Balaban J connectivity index is 2.09. The number of methoxy groups -OCH3 is 1. The van der Waals surface area contributed by atoms with Crippen LogP contribution in [-0.2, 0) is 9.47 Å². The van der Waals surface area contributed by atoms with E-state index < -0.39 is 0 Å². The molecule has 0 aromatic carbocycles. The first-order chi connectivity index (χ1) is 9.44. The van der Waals surface area contributed by atoms with Crippen molar-refractivity contribution in [3.8, 4) is 0 Å². The van der Waals surface area contributed by atoms with E-state index in [4.69, 9.17) is 9.47 Å². The van der Waals surface area contributed by atoms with Crippen molar-refractivity contribution < 1.29 is 9.47 Å². The number of pyridine rings is 1. The van der Waals surface area contributed by atoms with Crippen LogP contribution in [0.25, 0.3) is 0 Å². The lowest BCUT2D eigenvalue weighted by atomic mass is 9.99. The van der Waals surface area contributed by atoms with Gasteiger partial charge in [-0.2, -0.15) is 0 Å². The molecule has 0 radical (unpaired) electrons. The summed E-state index contributed by atoms with van der Waals surface area (Å²) in [7, 11) is 1.74. The van der Waals surface area contributed by atoms with Crippen molar-refractivity contribution in [3.05, 3.63) is 24.0 Å². The van der Waals surface area contributed by atoms with Crippen LogP contribution in [0.15, 0.2) is 18.3 Å². The normalized spacial score (nSPS) is 20.5. The lowest BCUT2D eigenvalue weighted by Gasteiger charge is -2.41. The second kappa shape index (κ2) is 6.10. The molecule has 1 saturated heterocycles. The Morgan fingerprint density at radius 3 is 2.70 bits per heavy atom. The van der Waals surface area contributed by atoms with Gasteiger partial charge in [-0.1, -0.05) is 13.8 Å². The van der Waals surface area contributed by atoms with Crippen LogP contribution >= 0.6 is 0 Å². The van der Waals surface area contributed by atoms with Gasteiger partial charge in [0, 0.05) is 25.9 Å². The number of hydrogen-bond acceptors (Lipinski definition) is 4. The number of hydrogen-bond donors (Lipinski definition) is 0. The van der Waals surface area contributed by atoms with E-state index in [1.165, 1.54) is 0 Å². The molecular formula is C16H26N2O2. The molecular weight excluding hydrogens is 252 g/mol. The van der Waals surface area contributed by atoms with Crippen molar-refractivity contribution in [2.75, 3.05) is 31.7 Å². The summed E-state index contributed by atoms with van der Waals surface area (Å²) in [6, 6.07) is 4.27. The van der Waals surface area contributed by atoms with Gasteiger partial charge in [0.05, 0.1) is 24.1 Å². The summed E-state index contributed by atoms with van der Waals surface area (Å²) in [6.07, 6.45) is 2.04. The molecule has 4 heteroatoms. The van der Waals surface area contributed by atoms with Gasteiger partial charge in [-0.3, -0.25) is 4.98 Å². The highest BCUT2D eigenvalue weighted by Gasteiger charge is 2.34. The number of aromatic nitrogens is 1. The Morgan fingerprint density at radius 1 is 1.40 bits per heavy atom. The molecule has 4 nitrogen and oxygen atoms in total. The summed E-state index contributed by atoms with van der Waals surface area (Å²) in [4.78, 5) is 6.87. The maximum absolute atomic E-state index is 5.86. The standard InChI is InChI=1S/C16H26N2O2/c1-12(2)14-7-6-13(10-17-14)18-8-9-20-15(11-18)16(3,4)19-5/h6-7,10,12,15H,8-9,11H2,1-5H3/t15-/m0/s1. The number of rotatable bonds is 4. The molecule has 0 amide bonds. The Bertz CT molecular complexity index is 429. The first-order valence-corrected chi connectivity index (χ1v) is 7.31. The molecule has 20 heavy (non-hydrogen) atoms. The molecule has 2 heterocycles. The van der Waals surface area contributed by atoms with Gasteiger partial charge in [0.25, 0.3) is 0 Å². The van der Waals surface area contributed by atoms with Gasteiger partial charge in [-0.05, 0) is 31.9 Å². The van der Waals surface area contributed by atoms with E-state index in [0.29, 0.717) is 5.92 Å². The van der Waals surface area contributed by atoms with E-state index in [9.17, 15) is 0 Å². The quantitative estimate of drug-likeness (QED) is 0.848. The van der Waals surface area contributed by atoms with Crippen molar-refractivity contribution in [1.82, 2.24) is 4.98 Å². The van der Waals surface area contributed by atoms with Crippen molar-refractivity contribution >= 4 is 5.69 Å². The minimum absolute atomic E-state index is 0.0750. The zero-order chi connectivity index (χ0) is 14.8. The SMILES string of the molecule is COC(C)(C)[C@@H]1CN(c2ccc(C(C)C)nc2)CCO1. The third-order valence-corrected chi connectivity index (χ3v) is 4.10. The molecule has 0 N–H and O–H groups in total. The fourth-order valence-corrected chi connectivity index (χ4v) is 2.36. The van der Waals surface area contributed by atoms with E-state index >= 15 is 0 Å². The molecule has 1 aromatic rings. The van der Waals surface area contributed by atoms with E-state index in [1.807, 2.05) is 6.20 Å². The van der Waals surface area contributed by atoms with Crippen LogP contribution in [0.2, 0.25) is 0 Å². The van der Waals surface area contributed by atoms with Gasteiger partial charge in [-0.25, -0.2) is 0 Å². The first-order valence-electron chi connectivity index (χ1n) is 7.31. The Morgan fingerprint density at radius 2 is 2.15 bits per heavy atom. The van der Waals surface area contributed by atoms with Gasteiger partial charge in [-0.15, -0.1) is 0 Å². The first kappa shape index (κ1) is 15.3. The maximum Gasteiger partial charge on any atom is 0.103 e. The molecule has 0 bridgehead atoms. The highest BCUT2D eigenvalue weighted by Crippen LogP contribution is 2.25. The average Bonchev–Trinajstić information content (AvgIpc) is 2.47. The molecule has 0 aliphatic carbocycles. The average molecular weight is 278 g/mol. The second-order valence-electron chi connectivity index (χ2n) is 6.21. The van der Waals surface area contributed by atoms with Gasteiger partial charge >= 0.3 is 0 Å². The number of nitrogens with zero attached hydrogens (tertiary/aromatic N) is 2. The molecule has 1 atom stereocenters. The predicted molar refractivity (Wildman–Crippen MR) is 81.4 cm³/mol. The van der Waals surface area contributed by atoms with E-state index in [2.05, 4.69) is 49.7 Å². The van der Waals surface area contributed by atoms with Gasteiger partial charge < -0.3 is 14.4 Å². The summed E-state index contributed by atoms with van der Waals surface area (Å²) in [6.45, 7) is 10.9. The number of ether oxygens (including phenoxy) is 2. The van der Waals surface area contributed by atoms with Crippen molar-refractivity contribution in [2.45, 2.75) is 45.3 Å². The van der Waals surface area contributed by atoms with E-state index in [-0.39, 0.29) is 11.7 Å². The Kier molecular flexibility index (Phi) is 4.66. The van der Waals surface area contributed by atoms with Crippen molar-refractivity contribution in [3.63, 3.8) is 0 Å². The topological polar surface area (TPSA) is 34.6 Å². The Hall–Kier alpha value is -1.13. The van der Waals surface area contributed by atoms with Crippen LogP contribution in [0.1, 0.15) is 39.3 Å². The zero-order valence-electron chi connectivity index (χ0n) is 13.2. The highest BCUT2D eigenvalue weighted by molar-refractivity contribution is 5.45. The molecule has 2 rings (SSSR count). The van der Waals surface area contributed by atoms with Crippen LogP contribution in [-0.4, -0.2) is 43.5 Å². The summed E-state index contributed by atoms with van der Waals surface area (Å²) < 4.78 is 11.4. The monoisotopic (exact) mass is 278 g/mol. The van der Waals surface area contributed by atoms with Crippen LogP contribution < -0.4 is 4.90 Å². The van der Waals surface area contributed by atoms with Crippen LogP contribution in [0, 0.1) is 0 Å². The van der Waals surface area contributed by atoms with Crippen LogP contribution in [0.3, 0.4) is 0 Å². The fourth-order valence-electron chi connectivity index (χ4n) is 2.36. The molecule has 1 fully saturated rings. The Labute approximate surface area is 122 Å². The van der Waals surface area contributed by atoms with E-state index in [1.54, 1.807) is 7.11 Å². The zero-order valence-corrected chi connectivity index (χ0v) is 13.2. The lowest BCUT2D eigenvalue weighted by molar-refractivity contribution is -0.113. The van der Waals surface area contributed by atoms with Gasteiger partial charge in [0.1, 0.15) is 6.10 Å². The van der Waals surface area contributed by atoms with Crippen LogP contribution in [0.4, 0.5) is 5.69 Å². The summed E-state index contributed by atoms with van der Waals surface area (Å²) in [5.74, 6) is 0.467. The third kappa shape index (κ3) is 3.30. The maximum atomic E-state index is 5.86. The van der Waals surface area contributed by atoms with Crippen molar-refractivity contribution in [2.24, 2.45) is 0 Å². The van der Waals surface area contributed by atoms with Gasteiger partial charge in [0.2, 0.25) is 0 Å². The van der Waals surface area contributed by atoms with E-state index in [0.717, 1.165) is 31.1 Å². The molecule has 1 aliphatic rings. The third-order valence-electron chi connectivity index (χ3n) is 4.10. The summed E-state index contributed by atoms with van der Waals surface area (Å²) >= 11 is 0. The van der Waals surface area contributed by atoms with Gasteiger partial charge in [0.15, 0.2) is 0 Å². The molecule has 0 spiro atoms. The largest absolute Gasteiger partial charge is 0.376 e. The smallest absolute Gasteiger partial charge is 0.103 e. The van der Waals surface area contributed by atoms with Crippen molar-refractivity contribution in [1.29, 1.82) is 0 Å². The highest BCUT2D eigenvalue weighted by atomic mass is 16.5. The van der Waals surface area contributed by atoms with Crippen LogP contribution in [0.5, 0.6) is 0 Å². The molecule has 112 valence electrons. The second-order valence-corrected chi connectivity index (χ2v) is 6.21. The predicted octanol–water partition coefficient (Wildman–Crippen LogP) is 2.84. The minimum atomic E-state index is -0.274. The fraction of sp³-hybridized carbons (Fsp3) is 0.688. The number of anilines is 1. The molecule has 0 unspecified atom stereocenters. The molecule has 1 aliphatic heterocycles. The minimum Gasteiger partial charge on any atom is -0.376 e. The molecule has 1 aromatic heterocycles. The number of morpholine rings is 1. The summed E-state index contributed by atoms with van der Waals surface area (Å²) in [5, 5.41) is 0.